The summed E-state index contributed by atoms with van der Waals surface area (Å²) in [5, 5.41) is 10.6. The number of hydrogen-bond donors (Lipinski definition) is 3. The van der Waals surface area contributed by atoms with E-state index in [1.165, 1.54) is 0 Å². The molecule has 4 atom stereocenters. The lowest BCUT2D eigenvalue weighted by Crippen LogP contribution is -2.41. The second kappa shape index (κ2) is 8.92. The van der Waals surface area contributed by atoms with Gasteiger partial charge in [-0.25, -0.2) is 10.9 Å². The van der Waals surface area contributed by atoms with Gasteiger partial charge in [-0.3, -0.25) is 4.79 Å². The topological polar surface area (TPSA) is 105 Å². The summed E-state index contributed by atoms with van der Waals surface area (Å²) in [6.07, 6.45) is 1.59. The molecule has 34 heavy (non-hydrogen) atoms. The molecule has 3 heterocycles. The third kappa shape index (κ3) is 3.53. The maximum atomic E-state index is 13.6. The molecule has 3 N–H and O–H groups in total. The lowest BCUT2D eigenvalue weighted by Gasteiger charge is -2.31. The first kappa shape index (κ1) is 22.1. The maximum Gasteiger partial charge on any atom is 0.242 e. The first-order chi connectivity index (χ1) is 16.6. The van der Waals surface area contributed by atoms with Crippen molar-refractivity contribution in [2.75, 3.05) is 21.3 Å². The number of methoxy groups -OCH3 is 3. The highest BCUT2D eigenvalue weighted by atomic mass is 16.5. The molecule has 178 valence electrons. The first-order valence-electron chi connectivity index (χ1n) is 11.0. The molecular weight excluding hydrogens is 438 g/mol. The zero-order valence-corrected chi connectivity index (χ0v) is 19.1. The van der Waals surface area contributed by atoms with Crippen LogP contribution in [0.15, 0.2) is 59.2 Å². The van der Waals surface area contributed by atoms with Crippen molar-refractivity contribution in [2.45, 2.75) is 24.7 Å². The highest BCUT2D eigenvalue weighted by Gasteiger charge is 2.56. The smallest absolute Gasteiger partial charge is 0.242 e. The van der Waals surface area contributed by atoms with E-state index in [1.54, 1.807) is 50.7 Å². The number of rotatable bonds is 7. The van der Waals surface area contributed by atoms with Crippen molar-refractivity contribution >= 4 is 5.91 Å². The molecule has 0 radical (unpaired) electrons. The van der Waals surface area contributed by atoms with Gasteiger partial charge in [0.05, 0.1) is 46.2 Å². The Morgan fingerprint density at radius 3 is 2.29 bits per heavy atom. The maximum absolute atomic E-state index is 13.6. The van der Waals surface area contributed by atoms with Crippen molar-refractivity contribution < 1.29 is 28.5 Å². The van der Waals surface area contributed by atoms with E-state index < -0.39 is 6.04 Å². The zero-order valence-electron chi connectivity index (χ0n) is 19.1. The van der Waals surface area contributed by atoms with Crippen LogP contribution in [0.25, 0.3) is 0 Å². The molecule has 9 heteroatoms. The van der Waals surface area contributed by atoms with Crippen LogP contribution in [0.4, 0.5) is 0 Å². The standard InChI is InChI=1S/C25H27N3O6/c1-31-18-11-14(12-19(32-2)24(18)33-3)23-20-21(16-8-4-5-9-17(16)29)26-27-22(20)25(30)28(23)13-15-7-6-10-34-15/h4-12,20-23,26-27,29H,13H2,1-3H3. The number of nitrogens with one attached hydrogen (secondary N) is 2. The molecule has 3 aromatic rings. The Morgan fingerprint density at radius 1 is 0.971 bits per heavy atom. The number of para-hydroxylation sites is 1. The molecule has 0 spiro atoms. The van der Waals surface area contributed by atoms with E-state index in [2.05, 4.69) is 10.9 Å². The minimum Gasteiger partial charge on any atom is -0.508 e. The highest BCUT2D eigenvalue weighted by Crippen LogP contribution is 2.51. The van der Waals surface area contributed by atoms with E-state index in [4.69, 9.17) is 18.6 Å². The van der Waals surface area contributed by atoms with Gasteiger partial charge in [0.2, 0.25) is 11.7 Å². The molecule has 2 saturated heterocycles. The van der Waals surface area contributed by atoms with Gasteiger partial charge in [-0.2, -0.15) is 0 Å². The number of fused-ring (bicyclic) bond motifs is 1. The van der Waals surface area contributed by atoms with Gasteiger partial charge in [-0.1, -0.05) is 18.2 Å². The lowest BCUT2D eigenvalue weighted by atomic mass is 9.83. The Morgan fingerprint density at radius 2 is 1.68 bits per heavy atom. The van der Waals surface area contributed by atoms with Crippen molar-refractivity contribution in [3.8, 4) is 23.0 Å². The fourth-order valence-electron chi connectivity index (χ4n) is 5.14. The fraction of sp³-hybridized carbons (Fsp3) is 0.320. The summed E-state index contributed by atoms with van der Waals surface area (Å²) in [5.74, 6) is 2.03. The van der Waals surface area contributed by atoms with Crippen LogP contribution in [-0.4, -0.2) is 43.3 Å². The van der Waals surface area contributed by atoms with Gasteiger partial charge in [0.25, 0.3) is 0 Å². The molecule has 0 bridgehead atoms. The quantitative estimate of drug-likeness (QED) is 0.489. The minimum atomic E-state index is -0.497. The van der Waals surface area contributed by atoms with Crippen molar-refractivity contribution in [3.63, 3.8) is 0 Å². The van der Waals surface area contributed by atoms with Crippen LogP contribution in [0.5, 0.6) is 23.0 Å². The Bertz CT molecular complexity index is 1160. The average Bonchev–Trinajstić information content (AvgIpc) is 3.58. The SMILES string of the molecule is COc1cc(C2C3C(NNC3c3ccccc3O)C(=O)N2Cc2ccco2)cc(OC)c1OC. The molecule has 9 nitrogen and oxygen atoms in total. The number of phenols is 1. The Balaban J connectivity index is 1.65. The molecule has 0 aliphatic carbocycles. The first-order valence-corrected chi connectivity index (χ1v) is 11.0. The number of furan rings is 1. The van der Waals surface area contributed by atoms with Gasteiger partial charge in [-0.15, -0.1) is 0 Å². The Kier molecular flexibility index (Phi) is 5.80. The van der Waals surface area contributed by atoms with E-state index >= 15 is 0 Å². The van der Waals surface area contributed by atoms with Gasteiger partial charge >= 0.3 is 0 Å². The molecule has 5 rings (SSSR count). The summed E-state index contributed by atoms with van der Waals surface area (Å²) in [5.41, 5.74) is 7.94. The molecule has 0 saturated carbocycles. The van der Waals surface area contributed by atoms with E-state index in [1.807, 2.05) is 30.3 Å². The van der Waals surface area contributed by atoms with Gasteiger partial charge in [0.15, 0.2) is 11.5 Å². The Hall–Kier alpha value is -3.69. The zero-order chi connectivity index (χ0) is 23.8. The van der Waals surface area contributed by atoms with E-state index in [-0.39, 0.29) is 29.7 Å². The third-order valence-corrected chi connectivity index (χ3v) is 6.62. The summed E-state index contributed by atoms with van der Waals surface area (Å²) >= 11 is 0. The van der Waals surface area contributed by atoms with Crippen molar-refractivity contribution in [1.29, 1.82) is 0 Å². The number of aromatic hydroxyl groups is 1. The number of likely N-dealkylation sites (tertiary alicyclic amines) is 1. The number of benzene rings is 2. The minimum absolute atomic E-state index is 0.0643. The second-order valence-corrected chi connectivity index (χ2v) is 8.33. The predicted molar refractivity (Wildman–Crippen MR) is 122 cm³/mol. The van der Waals surface area contributed by atoms with Crippen molar-refractivity contribution in [2.24, 2.45) is 5.92 Å². The van der Waals surface area contributed by atoms with Crippen LogP contribution < -0.4 is 25.1 Å². The molecule has 4 unspecified atom stereocenters. The number of amides is 1. The summed E-state index contributed by atoms with van der Waals surface area (Å²) < 4.78 is 22.2. The van der Waals surface area contributed by atoms with Crippen LogP contribution >= 0.6 is 0 Å². The third-order valence-electron chi connectivity index (χ3n) is 6.62. The molecule has 2 aliphatic rings. The van der Waals surface area contributed by atoms with Gasteiger partial charge in [0, 0.05) is 11.5 Å². The normalized spacial score (nSPS) is 23.7. The van der Waals surface area contributed by atoms with Crippen LogP contribution in [0.2, 0.25) is 0 Å². The van der Waals surface area contributed by atoms with Gasteiger partial charge in [0.1, 0.15) is 17.6 Å². The molecule has 1 amide bonds. The number of nitrogens with zero attached hydrogens (tertiary/aromatic N) is 1. The summed E-state index contributed by atoms with van der Waals surface area (Å²) in [6.45, 7) is 0.301. The molecule has 2 aliphatic heterocycles. The van der Waals surface area contributed by atoms with Crippen LogP contribution in [0.1, 0.15) is 29.0 Å². The predicted octanol–water partition coefficient (Wildman–Crippen LogP) is 2.93. The number of hydrogen-bond acceptors (Lipinski definition) is 8. The molecule has 2 fully saturated rings. The number of carbonyl (C=O) groups excluding carboxylic acids is 1. The lowest BCUT2D eigenvalue weighted by molar-refractivity contribution is -0.131. The van der Waals surface area contributed by atoms with Crippen molar-refractivity contribution in [3.05, 3.63) is 71.7 Å². The van der Waals surface area contributed by atoms with Crippen LogP contribution in [-0.2, 0) is 11.3 Å². The van der Waals surface area contributed by atoms with Crippen LogP contribution in [0.3, 0.4) is 0 Å². The van der Waals surface area contributed by atoms with Gasteiger partial charge < -0.3 is 28.6 Å². The number of hydrazine groups is 1. The van der Waals surface area contributed by atoms with Crippen LogP contribution in [0, 0.1) is 5.92 Å². The van der Waals surface area contributed by atoms with Crippen molar-refractivity contribution in [1.82, 2.24) is 15.8 Å². The molecular formula is C25H27N3O6. The summed E-state index contributed by atoms with van der Waals surface area (Å²) in [4.78, 5) is 15.4. The van der Waals surface area contributed by atoms with E-state index in [0.29, 0.717) is 35.1 Å². The fourth-order valence-corrected chi connectivity index (χ4v) is 5.14. The average molecular weight is 466 g/mol. The molecule has 2 aromatic carbocycles. The van der Waals surface area contributed by atoms with Gasteiger partial charge in [-0.05, 0) is 35.9 Å². The second-order valence-electron chi connectivity index (χ2n) is 8.33. The summed E-state index contributed by atoms with van der Waals surface area (Å²) in [7, 11) is 4.68. The molecule has 1 aromatic heterocycles. The highest BCUT2D eigenvalue weighted by molar-refractivity contribution is 5.86. The van der Waals surface area contributed by atoms with E-state index in [9.17, 15) is 9.90 Å². The largest absolute Gasteiger partial charge is 0.508 e. The Labute approximate surface area is 197 Å². The summed E-state index contributed by atoms with van der Waals surface area (Å²) in [6, 6.07) is 13.4. The monoisotopic (exact) mass is 465 g/mol. The number of phenolic OH excluding ortho intramolecular Hbond substituents is 1. The van der Waals surface area contributed by atoms with E-state index in [0.717, 1.165) is 5.56 Å². The number of ether oxygens (including phenoxy) is 3. The number of carbonyl (C=O) groups is 1.